The highest BCUT2D eigenvalue weighted by molar-refractivity contribution is 7.79. The van der Waals surface area contributed by atoms with Crippen molar-refractivity contribution >= 4 is 29.9 Å². The van der Waals surface area contributed by atoms with Crippen LogP contribution >= 0.6 is 7.92 Å². The Kier molecular flexibility index (Phi) is 5.80. The summed E-state index contributed by atoms with van der Waals surface area (Å²) in [6.45, 7) is 3.85. The van der Waals surface area contributed by atoms with Gasteiger partial charge in [0.05, 0.1) is 0 Å². The molecule has 4 aromatic rings. The Bertz CT molecular complexity index is 995. The van der Waals surface area contributed by atoms with Gasteiger partial charge in [-0.2, -0.15) is 0 Å². The predicted octanol–water partition coefficient (Wildman–Crippen LogP) is 5.68. The van der Waals surface area contributed by atoms with E-state index in [4.69, 9.17) is 0 Å². The second-order valence-electron chi connectivity index (χ2n) is 6.76. The fourth-order valence-electron chi connectivity index (χ4n) is 3.45. The maximum atomic E-state index is 3.85. The summed E-state index contributed by atoms with van der Waals surface area (Å²) in [6, 6.07) is 39.4. The molecule has 0 spiro atoms. The van der Waals surface area contributed by atoms with Crippen molar-refractivity contribution in [3.63, 3.8) is 0 Å². The Morgan fingerprint density at radius 3 is 1.71 bits per heavy atom. The molecule has 0 fully saturated rings. The van der Waals surface area contributed by atoms with Crippen molar-refractivity contribution in [2.45, 2.75) is 6.42 Å². The zero-order chi connectivity index (χ0) is 19.2. The molecule has 0 amide bonds. The molecule has 0 aromatic heterocycles. The average molecular weight is 378 g/mol. The molecule has 0 aliphatic carbocycles. The van der Waals surface area contributed by atoms with Crippen LogP contribution in [0.25, 0.3) is 6.08 Å². The van der Waals surface area contributed by atoms with Crippen LogP contribution < -0.4 is 15.9 Å². The van der Waals surface area contributed by atoms with E-state index >= 15 is 0 Å². The predicted molar refractivity (Wildman–Crippen MR) is 124 cm³/mol. The van der Waals surface area contributed by atoms with E-state index in [0.29, 0.717) is 0 Å². The first-order valence-corrected chi connectivity index (χ1v) is 10.9. The molecule has 4 aromatic carbocycles. The fraction of sp³-hybridized carbons (Fsp3) is 0.0370. The number of hydrogen-bond acceptors (Lipinski definition) is 0. The zero-order valence-corrected chi connectivity index (χ0v) is 16.7. The van der Waals surface area contributed by atoms with Crippen LogP contribution in [-0.4, -0.2) is 0 Å². The van der Waals surface area contributed by atoms with Crippen molar-refractivity contribution < 1.29 is 0 Å². The quantitative estimate of drug-likeness (QED) is 0.379. The van der Waals surface area contributed by atoms with Crippen molar-refractivity contribution in [3.05, 3.63) is 132 Å². The van der Waals surface area contributed by atoms with Gasteiger partial charge < -0.3 is 0 Å². The normalized spacial score (nSPS) is 10.8. The van der Waals surface area contributed by atoms with Crippen molar-refractivity contribution in [3.8, 4) is 0 Å². The molecule has 0 bridgehead atoms. The SMILES string of the molecule is C=Cc1ccc(Cc2ccccc2P(c2ccccc2)c2ccccc2)cc1. The molecule has 0 heterocycles. The van der Waals surface area contributed by atoms with Gasteiger partial charge in [-0.15, -0.1) is 0 Å². The van der Waals surface area contributed by atoms with Gasteiger partial charge in [-0.1, -0.05) is 122 Å². The zero-order valence-electron chi connectivity index (χ0n) is 15.8. The van der Waals surface area contributed by atoms with Crippen molar-refractivity contribution in [1.82, 2.24) is 0 Å². The Balaban J connectivity index is 1.78. The van der Waals surface area contributed by atoms with E-state index < -0.39 is 7.92 Å². The minimum absolute atomic E-state index is 0.588. The van der Waals surface area contributed by atoms with E-state index in [2.05, 4.69) is 116 Å². The first kappa shape index (κ1) is 18.4. The molecule has 0 atom stereocenters. The topological polar surface area (TPSA) is 0 Å². The largest absolute Gasteiger partial charge is 0.0985 e. The molecule has 4 rings (SSSR count). The molecule has 28 heavy (non-hydrogen) atoms. The van der Waals surface area contributed by atoms with Crippen LogP contribution in [0.1, 0.15) is 16.7 Å². The molecule has 136 valence electrons. The van der Waals surface area contributed by atoms with E-state index in [1.54, 1.807) is 0 Å². The molecule has 0 N–H and O–H groups in total. The highest BCUT2D eigenvalue weighted by atomic mass is 31.1. The molecule has 0 nitrogen and oxygen atoms in total. The van der Waals surface area contributed by atoms with Crippen LogP contribution in [0.4, 0.5) is 0 Å². The molecule has 1 heteroatoms. The van der Waals surface area contributed by atoms with Crippen molar-refractivity contribution in [2.75, 3.05) is 0 Å². The van der Waals surface area contributed by atoms with Gasteiger partial charge in [-0.05, 0) is 46.9 Å². The lowest BCUT2D eigenvalue weighted by molar-refractivity contribution is 1.21. The molecule has 0 unspecified atom stereocenters. The molecular formula is C27H23P. The number of rotatable bonds is 6. The molecule has 0 saturated heterocycles. The minimum Gasteiger partial charge on any atom is -0.0985 e. The summed E-state index contributed by atoms with van der Waals surface area (Å²) < 4.78 is 0. The second-order valence-corrected chi connectivity index (χ2v) is 8.94. The van der Waals surface area contributed by atoms with E-state index in [0.717, 1.165) is 12.0 Å². The van der Waals surface area contributed by atoms with E-state index in [9.17, 15) is 0 Å². The van der Waals surface area contributed by atoms with Gasteiger partial charge in [0.25, 0.3) is 0 Å². The van der Waals surface area contributed by atoms with Crippen LogP contribution in [0.15, 0.2) is 116 Å². The Morgan fingerprint density at radius 1 is 0.607 bits per heavy atom. The van der Waals surface area contributed by atoms with Crippen molar-refractivity contribution in [1.29, 1.82) is 0 Å². The summed E-state index contributed by atoms with van der Waals surface area (Å²) in [5, 5.41) is 4.21. The van der Waals surface area contributed by atoms with Gasteiger partial charge in [0.15, 0.2) is 0 Å². The molecular weight excluding hydrogens is 355 g/mol. The number of hydrogen-bond donors (Lipinski definition) is 0. The van der Waals surface area contributed by atoms with Gasteiger partial charge in [0.2, 0.25) is 0 Å². The third-order valence-corrected chi connectivity index (χ3v) is 7.42. The van der Waals surface area contributed by atoms with Gasteiger partial charge >= 0.3 is 0 Å². The Hall–Kier alpha value is -2.95. The lowest BCUT2D eigenvalue weighted by atomic mass is 10.0. The lowest BCUT2D eigenvalue weighted by Gasteiger charge is -2.22. The fourth-order valence-corrected chi connectivity index (χ4v) is 5.92. The lowest BCUT2D eigenvalue weighted by Crippen LogP contribution is -2.23. The summed E-state index contributed by atoms with van der Waals surface area (Å²) in [4.78, 5) is 0. The standard InChI is InChI=1S/C27H23P/c1-2-22-17-19-23(20-18-22)21-24-11-9-10-16-27(24)28(25-12-5-3-6-13-25)26-14-7-4-8-15-26/h2-20H,1,21H2. The maximum Gasteiger partial charge on any atom is -0.00192 e. The smallest absolute Gasteiger partial charge is 0.00192 e. The molecule has 0 radical (unpaired) electrons. The van der Waals surface area contributed by atoms with E-state index in [-0.39, 0.29) is 0 Å². The van der Waals surface area contributed by atoms with Gasteiger partial charge in [-0.3, -0.25) is 0 Å². The van der Waals surface area contributed by atoms with Gasteiger partial charge in [0.1, 0.15) is 0 Å². The second kappa shape index (κ2) is 8.83. The first-order chi connectivity index (χ1) is 13.8. The Morgan fingerprint density at radius 2 is 1.14 bits per heavy atom. The maximum absolute atomic E-state index is 3.85. The Labute approximate surface area is 169 Å². The molecule has 0 aliphatic rings. The molecule has 0 aliphatic heterocycles. The van der Waals surface area contributed by atoms with Crippen LogP contribution in [0.2, 0.25) is 0 Å². The van der Waals surface area contributed by atoms with Gasteiger partial charge in [-0.25, -0.2) is 0 Å². The summed E-state index contributed by atoms with van der Waals surface area (Å²) in [7, 11) is -0.588. The highest BCUT2D eigenvalue weighted by Crippen LogP contribution is 2.34. The third-order valence-electron chi connectivity index (χ3n) is 4.87. The van der Waals surface area contributed by atoms with Crippen LogP contribution in [0, 0.1) is 0 Å². The van der Waals surface area contributed by atoms with Crippen LogP contribution in [-0.2, 0) is 6.42 Å². The summed E-state index contributed by atoms with van der Waals surface area (Å²) in [5.74, 6) is 0. The minimum atomic E-state index is -0.588. The third kappa shape index (κ3) is 4.14. The highest BCUT2D eigenvalue weighted by Gasteiger charge is 2.19. The van der Waals surface area contributed by atoms with E-state index in [1.165, 1.54) is 27.0 Å². The van der Waals surface area contributed by atoms with Gasteiger partial charge in [0, 0.05) is 0 Å². The number of benzene rings is 4. The average Bonchev–Trinajstić information content (AvgIpc) is 2.77. The monoisotopic (exact) mass is 378 g/mol. The van der Waals surface area contributed by atoms with E-state index in [1.807, 2.05) is 6.08 Å². The summed E-state index contributed by atoms with van der Waals surface area (Å²) >= 11 is 0. The summed E-state index contributed by atoms with van der Waals surface area (Å²) in [5.41, 5.74) is 3.88. The molecule has 0 saturated carbocycles. The first-order valence-electron chi connectivity index (χ1n) is 9.54. The summed E-state index contributed by atoms with van der Waals surface area (Å²) in [6.07, 6.45) is 2.83. The van der Waals surface area contributed by atoms with Crippen molar-refractivity contribution in [2.24, 2.45) is 0 Å². The van der Waals surface area contributed by atoms with Crippen LogP contribution in [0.5, 0.6) is 0 Å². The van der Waals surface area contributed by atoms with Crippen LogP contribution in [0.3, 0.4) is 0 Å².